The number of carboxylic acid groups (broad SMARTS) is 2. The number of carboxylic acids is 2. The first-order chi connectivity index (χ1) is 29.8. The molecule has 0 spiro atoms. The highest BCUT2D eigenvalue weighted by atomic mass is 19.1. The van der Waals surface area contributed by atoms with E-state index in [1.807, 2.05) is 60.7 Å². The molecule has 6 fully saturated rings. The van der Waals surface area contributed by atoms with Crippen molar-refractivity contribution in [3.63, 3.8) is 0 Å². The molecule has 6 aliphatic heterocycles. The largest absolute Gasteiger partial charge is 0.844 e. The lowest BCUT2D eigenvalue weighted by molar-refractivity contribution is -0.507. The third kappa shape index (κ3) is 12.6. The Morgan fingerprint density at radius 1 is 0.548 bits per heavy atom. The second kappa shape index (κ2) is 21.7. The smallest absolute Gasteiger partial charge is 0.333 e. The number of hydrogen-bond acceptors (Lipinski definition) is 12. The number of anilines is 2. The van der Waals surface area contributed by atoms with Crippen LogP contribution in [0.15, 0.2) is 109 Å². The number of esters is 2. The molecule has 6 aliphatic rings. The first kappa shape index (κ1) is 45.6. The third-order valence-electron chi connectivity index (χ3n) is 11.5. The molecule has 6 heterocycles. The van der Waals surface area contributed by atoms with Crippen molar-refractivity contribution < 1.29 is 57.9 Å². The summed E-state index contributed by atoms with van der Waals surface area (Å²) in [6, 6.07) is 29.8. The Morgan fingerprint density at radius 3 is 1.15 bits per heavy atom. The average Bonchev–Trinajstić information content (AvgIpc) is 3.29. The summed E-state index contributed by atoms with van der Waals surface area (Å²) in [5, 5.41) is 42.2. The molecular formula is C46H50F2N4O10-2. The molecule has 4 bridgehead atoms. The number of halogens is 2. The van der Waals surface area contributed by atoms with Crippen molar-refractivity contribution in [3.05, 3.63) is 132 Å². The number of benzene rings is 4. The lowest BCUT2D eigenvalue weighted by Crippen LogP contribution is -2.55. The van der Waals surface area contributed by atoms with Gasteiger partial charge in [-0.05, 0) is 136 Å². The summed E-state index contributed by atoms with van der Waals surface area (Å²) >= 11 is 0. The monoisotopic (exact) mass is 856 g/mol. The van der Waals surface area contributed by atoms with Gasteiger partial charge in [-0.3, -0.25) is 19.4 Å². The molecule has 330 valence electrons. The number of aliphatic carboxylic acids is 2. The number of piperidine rings is 6. The fraction of sp³-hybridized carbons (Fsp3) is 0.391. The number of rotatable bonds is 13. The standard InChI is InChI=1S/2C21H23FN2O2.C4H4O6/c2*22-17-6-8-18(9-7-17)23-20(16-4-2-1-3-5-16)21(25)26-19-14-24-12-10-15(19)11-13-24;5-1(3(7)8)2(6)4(9)10/h2*1-9,15,19-20,23H,10-14H2;1-2H,(H,7,8)(H,9,10)/q;;-2/t2*19-,20+;1-,2-/m000/s1. The quantitative estimate of drug-likeness (QED) is 0.141. The highest BCUT2D eigenvalue weighted by molar-refractivity contribution is 5.83. The minimum Gasteiger partial charge on any atom is -0.844 e. The number of nitrogens with one attached hydrogen (secondary N) is 2. The van der Waals surface area contributed by atoms with Gasteiger partial charge in [0.2, 0.25) is 0 Å². The van der Waals surface area contributed by atoms with Gasteiger partial charge in [0, 0.05) is 24.5 Å². The topological polar surface area (TPSA) is 204 Å². The number of carbonyl (C=O) groups excluding carboxylic acids is 2. The van der Waals surface area contributed by atoms with Crippen LogP contribution in [0, 0.1) is 23.5 Å². The minimum atomic E-state index is -2.63. The molecule has 6 atom stereocenters. The van der Waals surface area contributed by atoms with Gasteiger partial charge in [0.05, 0.1) is 0 Å². The van der Waals surface area contributed by atoms with E-state index < -0.39 is 36.2 Å². The van der Waals surface area contributed by atoms with Crippen LogP contribution in [0.3, 0.4) is 0 Å². The van der Waals surface area contributed by atoms with E-state index in [9.17, 15) is 38.2 Å². The summed E-state index contributed by atoms with van der Waals surface area (Å²) in [7, 11) is 0. The van der Waals surface area contributed by atoms with Gasteiger partial charge in [0.25, 0.3) is 11.9 Å². The predicted octanol–water partition coefficient (Wildman–Crippen LogP) is 3.85. The van der Waals surface area contributed by atoms with E-state index in [1.54, 1.807) is 24.3 Å². The van der Waals surface area contributed by atoms with E-state index >= 15 is 0 Å². The van der Waals surface area contributed by atoms with E-state index in [-0.39, 0.29) is 35.8 Å². The van der Waals surface area contributed by atoms with Crippen molar-refractivity contribution in [2.75, 3.05) is 49.9 Å². The Morgan fingerprint density at radius 2 is 0.871 bits per heavy atom. The summed E-state index contributed by atoms with van der Waals surface area (Å²) in [6.45, 7) is 6.08. The van der Waals surface area contributed by atoms with Gasteiger partial charge in [0.1, 0.15) is 23.8 Å². The summed E-state index contributed by atoms with van der Waals surface area (Å²) in [5.74, 6) is -4.12. The molecule has 0 radical (unpaired) electrons. The summed E-state index contributed by atoms with van der Waals surface area (Å²) in [4.78, 5) is 50.0. The third-order valence-corrected chi connectivity index (χ3v) is 11.5. The van der Waals surface area contributed by atoms with E-state index in [2.05, 4.69) is 20.4 Å². The zero-order valence-corrected chi connectivity index (χ0v) is 33.9. The summed E-state index contributed by atoms with van der Waals surface area (Å²) in [6.07, 6.45) is -0.940. The molecule has 62 heavy (non-hydrogen) atoms. The number of nitrogens with zero attached hydrogens (tertiary/aromatic N) is 2. The fourth-order valence-corrected chi connectivity index (χ4v) is 8.06. The molecule has 4 aromatic carbocycles. The summed E-state index contributed by atoms with van der Waals surface area (Å²) in [5.41, 5.74) is 3.04. The second-order valence-corrected chi connectivity index (χ2v) is 15.7. The summed E-state index contributed by atoms with van der Waals surface area (Å²) < 4.78 is 38.2. The molecule has 0 amide bonds. The SMILES string of the molecule is O=C(O)[C@@H]([O-])[C@H]([O-])C(=O)O.O=C(O[C@H]1CN2CCC1CC2)[C@H](Nc1ccc(F)cc1)c1ccccc1.O=C(O[C@H]1CN2CCC1CC2)[C@H](Nc1ccc(F)cc1)c1ccccc1. The van der Waals surface area contributed by atoms with Crippen molar-refractivity contribution >= 4 is 35.3 Å². The van der Waals surface area contributed by atoms with Crippen molar-refractivity contribution in [2.45, 2.75) is 62.2 Å². The Balaban J connectivity index is 0.000000171. The van der Waals surface area contributed by atoms with Crippen LogP contribution in [-0.2, 0) is 28.7 Å². The maximum atomic E-state index is 13.2. The van der Waals surface area contributed by atoms with Crippen LogP contribution in [0.25, 0.3) is 0 Å². The van der Waals surface area contributed by atoms with Crippen molar-refractivity contribution in [1.29, 1.82) is 0 Å². The Labute approximate surface area is 358 Å². The maximum Gasteiger partial charge on any atom is 0.333 e. The minimum absolute atomic E-state index is 0.0359. The second-order valence-electron chi connectivity index (χ2n) is 15.7. The molecule has 6 saturated heterocycles. The maximum absolute atomic E-state index is 13.2. The van der Waals surface area contributed by atoms with E-state index in [0.29, 0.717) is 23.2 Å². The predicted molar refractivity (Wildman–Crippen MR) is 219 cm³/mol. The van der Waals surface area contributed by atoms with Crippen LogP contribution in [0.4, 0.5) is 20.2 Å². The molecule has 14 nitrogen and oxygen atoms in total. The van der Waals surface area contributed by atoms with Crippen molar-refractivity contribution in [1.82, 2.24) is 9.80 Å². The van der Waals surface area contributed by atoms with Crippen molar-refractivity contribution in [2.24, 2.45) is 11.8 Å². The molecule has 16 heteroatoms. The van der Waals surface area contributed by atoms with Crippen LogP contribution >= 0.6 is 0 Å². The van der Waals surface area contributed by atoms with E-state index in [1.165, 1.54) is 24.3 Å². The number of hydrogen-bond donors (Lipinski definition) is 4. The number of fused-ring (bicyclic) bond motifs is 6. The molecule has 0 aliphatic carbocycles. The zero-order valence-electron chi connectivity index (χ0n) is 33.9. The Hall–Kier alpha value is -5.94. The molecule has 0 unspecified atom stereocenters. The normalized spacial score (nSPS) is 23.9. The van der Waals surface area contributed by atoms with Crippen LogP contribution < -0.4 is 20.8 Å². The molecule has 4 aromatic rings. The molecule has 4 N–H and O–H groups in total. The Bertz CT molecular complexity index is 1920. The molecule has 0 saturated carbocycles. The highest BCUT2D eigenvalue weighted by Gasteiger charge is 2.39. The van der Waals surface area contributed by atoms with Gasteiger partial charge in [0.15, 0.2) is 12.1 Å². The van der Waals surface area contributed by atoms with Crippen LogP contribution in [-0.4, -0.2) is 108 Å². The van der Waals surface area contributed by atoms with Crippen LogP contribution in [0.5, 0.6) is 0 Å². The van der Waals surface area contributed by atoms with Gasteiger partial charge in [-0.2, -0.15) is 0 Å². The van der Waals surface area contributed by atoms with Crippen molar-refractivity contribution in [3.8, 4) is 0 Å². The lowest BCUT2D eigenvalue weighted by atomic mass is 9.86. The number of carbonyl (C=O) groups is 4. The number of ether oxygens (including phenoxy) is 2. The first-order valence-corrected chi connectivity index (χ1v) is 20.6. The Kier molecular flexibility index (Phi) is 16.0. The highest BCUT2D eigenvalue weighted by Crippen LogP contribution is 2.33. The lowest BCUT2D eigenvalue weighted by Gasteiger charge is -2.44. The van der Waals surface area contributed by atoms with Crippen LogP contribution in [0.2, 0.25) is 0 Å². The first-order valence-electron chi connectivity index (χ1n) is 20.6. The molecular weight excluding hydrogens is 807 g/mol. The van der Waals surface area contributed by atoms with Gasteiger partial charge in [-0.15, -0.1) is 0 Å². The van der Waals surface area contributed by atoms with E-state index in [0.717, 1.165) is 76.1 Å². The molecule has 10 rings (SSSR count). The van der Waals surface area contributed by atoms with Gasteiger partial charge >= 0.3 is 11.9 Å². The molecule has 0 aromatic heterocycles. The van der Waals surface area contributed by atoms with E-state index in [4.69, 9.17) is 19.7 Å². The van der Waals surface area contributed by atoms with Gasteiger partial charge in [-0.1, -0.05) is 60.7 Å². The van der Waals surface area contributed by atoms with Crippen LogP contribution in [0.1, 0.15) is 48.9 Å². The fourth-order valence-electron chi connectivity index (χ4n) is 8.06. The average molecular weight is 857 g/mol. The van der Waals surface area contributed by atoms with Gasteiger partial charge in [-0.25, -0.2) is 18.4 Å². The zero-order chi connectivity index (χ0) is 44.2. The van der Waals surface area contributed by atoms with Gasteiger partial charge < -0.3 is 40.5 Å².